The fourth-order valence-corrected chi connectivity index (χ4v) is 5.55. The first-order valence-electron chi connectivity index (χ1n) is 10.8. The zero-order chi connectivity index (χ0) is 18.0. The third-order valence-corrected chi connectivity index (χ3v) is 6.93. The molecule has 1 aromatic rings. The largest absolute Gasteiger partial charge is 0.368 e. The number of nitrogens with two attached hydrogens (primary N) is 1. The van der Waals surface area contributed by atoms with E-state index in [-0.39, 0.29) is 0 Å². The Labute approximate surface area is 158 Å². The standard InChI is InChI=1S/C21H35N5/c1-25(13-8-16-26-14-5-2-6-15-26)19-17-9-7-12-21(10-3-4-11-21)18(17)23-20(22)24-19/h2-16H2,1H3,(H2,22,23,24). The maximum absolute atomic E-state index is 6.16. The van der Waals surface area contributed by atoms with Crippen molar-refractivity contribution in [3.63, 3.8) is 0 Å². The van der Waals surface area contributed by atoms with Gasteiger partial charge in [-0.05, 0) is 71.0 Å². The zero-order valence-corrected chi connectivity index (χ0v) is 16.5. The van der Waals surface area contributed by atoms with E-state index in [1.54, 1.807) is 0 Å². The molecule has 26 heavy (non-hydrogen) atoms. The molecular weight excluding hydrogens is 322 g/mol. The van der Waals surface area contributed by atoms with Crippen molar-refractivity contribution >= 4 is 11.8 Å². The van der Waals surface area contributed by atoms with E-state index in [4.69, 9.17) is 10.7 Å². The van der Waals surface area contributed by atoms with Gasteiger partial charge in [-0.25, -0.2) is 4.98 Å². The molecule has 0 atom stereocenters. The monoisotopic (exact) mass is 357 g/mol. The lowest BCUT2D eigenvalue weighted by molar-refractivity contribution is 0.227. The number of fused-ring (bicyclic) bond motifs is 2. The van der Waals surface area contributed by atoms with Gasteiger partial charge in [-0.15, -0.1) is 0 Å². The summed E-state index contributed by atoms with van der Waals surface area (Å²) in [5.41, 5.74) is 9.15. The number of rotatable bonds is 5. The van der Waals surface area contributed by atoms with Crippen LogP contribution in [0.3, 0.4) is 0 Å². The van der Waals surface area contributed by atoms with Crippen molar-refractivity contribution in [3.05, 3.63) is 11.3 Å². The first-order chi connectivity index (χ1) is 12.7. The van der Waals surface area contributed by atoms with Gasteiger partial charge in [-0.2, -0.15) is 4.98 Å². The minimum absolute atomic E-state index is 0.300. The molecule has 3 aliphatic rings. The van der Waals surface area contributed by atoms with Crippen LogP contribution in [0.25, 0.3) is 0 Å². The van der Waals surface area contributed by atoms with Crippen LogP contribution in [-0.2, 0) is 11.8 Å². The van der Waals surface area contributed by atoms with E-state index >= 15 is 0 Å². The summed E-state index contributed by atoms with van der Waals surface area (Å²) < 4.78 is 0. The number of nitrogens with zero attached hydrogens (tertiary/aromatic N) is 4. The first kappa shape index (κ1) is 18.0. The number of piperidine rings is 1. The molecule has 5 nitrogen and oxygen atoms in total. The second-order valence-corrected chi connectivity index (χ2v) is 8.75. The molecule has 2 N–H and O–H groups in total. The van der Waals surface area contributed by atoms with Gasteiger partial charge in [0.1, 0.15) is 5.82 Å². The Kier molecular flexibility index (Phi) is 5.35. The summed E-state index contributed by atoms with van der Waals surface area (Å²) in [4.78, 5) is 14.4. The molecule has 144 valence electrons. The van der Waals surface area contributed by atoms with Gasteiger partial charge in [-0.1, -0.05) is 19.3 Å². The third kappa shape index (κ3) is 3.55. The van der Waals surface area contributed by atoms with Crippen LogP contribution in [0.2, 0.25) is 0 Å². The molecule has 1 saturated carbocycles. The molecule has 2 fully saturated rings. The number of hydrogen-bond donors (Lipinski definition) is 1. The van der Waals surface area contributed by atoms with E-state index in [2.05, 4.69) is 21.8 Å². The summed E-state index contributed by atoms with van der Waals surface area (Å²) in [6, 6.07) is 0. The van der Waals surface area contributed by atoms with Crippen LogP contribution >= 0.6 is 0 Å². The summed E-state index contributed by atoms with van der Waals surface area (Å²) >= 11 is 0. The quantitative estimate of drug-likeness (QED) is 0.874. The zero-order valence-electron chi connectivity index (χ0n) is 16.5. The van der Waals surface area contributed by atoms with E-state index in [1.165, 1.54) is 95.1 Å². The number of anilines is 2. The highest BCUT2D eigenvalue weighted by atomic mass is 15.2. The predicted octanol–water partition coefficient (Wildman–Crippen LogP) is 3.52. The highest BCUT2D eigenvalue weighted by Gasteiger charge is 2.42. The Morgan fingerprint density at radius 3 is 2.50 bits per heavy atom. The van der Waals surface area contributed by atoms with Crippen molar-refractivity contribution in [1.82, 2.24) is 14.9 Å². The Morgan fingerprint density at radius 2 is 1.73 bits per heavy atom. The van der Waals surface area contributed by atoms with E-state index in [9.17, 15) is 0 Å². The van der Waals surface area contributed by atoms with Crippen molar-refractivity contribution in [2.24, 2.45) is 0 Å². The molecule has 5 heteroatoms. The van der Waals surface area contributed by atoms with Crippen LogP contribution in [0, 0.1) is 0 Å². The molecule has 0 radical (unpaired) electrons. The molecule has 2 aliphatic carbocycles. The minimum Gasteiger partial charge on any atom is -0.368 e. The van der Waals surface area contributed by atoms with Crippen LogP contribution in [0.4, 0.5) is 11.8 Å². The highest BCUT2D eigenvalue weighted by molar-refractivity contribution is 5.54. The fraction of sp³-hybridized carbons (Fsp3) is 0.810. The predicted molar refractivity (Wildman–Crippen MR) is 108 cm³/mol. The maximum atomic E-state index is 6.16. The average Bonchev–Trinajstić information content (AvgIpc) is 3.12. The average molecular weight is 358 g/mol. The lowest BCUT2D eigenvalue weighted by atomic mass is 9.71. The first-order valence-corrected chi connectivity index (χ1v) is 10.8. The van der Waals surface area contributed by atoms with Crippen molar-refractivity contribution in [2.45, 2.75) is 76.0 Å². The van der Waals surface area contributed by atoms with Crippen molar-refractivity contribution in [2.75, 3.05) is 43.9 Å². The normalized spacial score (nSPS) is 22.5. The molecule has 0 unspecified atom stereocenters. The van der Waals surface area contributed by atoms with Gasteiger partial charge >= 0.3 is 0 Å². The fourth-order valence-electron chi connectivity index (χ4n) is 5.55. The van der Waals surface area contributed by atoms with Gasteiger partial charge in [-0.3, -0.25) is 0 Å². The smallest absolute Gasteiger partial charge is 0.222 e. The summed E-state index contributed by atoms with van der Waals surface area (Å²) in [6.07, 6.45) is 14.3. The second-order valence-electron chi connectivity index (χ2n) is 8.75. The Balaban J connectivity index is 1.48. The number of nitrogen functional groups attached to an aromatic ring is 1. The summed E-state index contributed by atoms with van der Waals surface area (Å²) in [6.45, 7) is 4.81. The summed E-state index contributed by atoms with van der Waals surface area (Å²) in [5.74, 6) is 1.58. The van der Waals surface area contributed by atoms with E-state index in [0.29, 0.717) is 11.4 Å². The van der Waals surface area contributed by atoms with Crippen LogP contribution in [0.1, 0.15) is 75.5 Å². The molecule has 4 rings (SSSR count). The lowest BCUT2D eigenvalue weighted by Gasteiger charge is -2.36. The number of aromatic nitrogens is 2. The van der Waals surface area contributed by atoms with E-state index in [1.807, 2.05) is 0 Å². The molecule has 2 heterocycles. The third-order valence-electron chi connectivity index (χ3n) is 6.93. The Morgan fingerprint density at radius 1 is 1.00 bits per heavy atom. The van der Waals surface area contributed by atoms with Crippen LogP contribution in [0.5, 0.6) is 0 Å². The molecule has 1 spiro atoms. The maximum Gasteiger partial charge on any atom is 0.222 e. The topological polar surface area (TPSA) is 58.3 Å². The molecule has 0 amide bonds. The van der Waals surface area contributed by atoms with Crippen molar-refractivity contribution in [1.29, 1.82) is 0 Å². The molecule has 0 bridgehead atoms. The van der Waals surface area contributed by atoms with Gasteiger partial charge < -0.3 is 15.5 Å². The molecular formula is C21H35N5. The number of likely N-dealkylation sites (tertiary alicyclic amines) is 1. The molecule has 1 aromatic heterocycles. The van der Waals surface area contributed by atoms with Crippen molar-refractivity contribution in [3.8, 4) is 0 Å². The van der Waals surface area contributed by atoms with Crippen LogP contribution in [0.15, 0.2) is 0 Å². The van der Waals surface area contributed by atoms with Gasteiger partial charge in [0.2, 0.25) is 5.95 Å². The van der Waals surface area contributed by atoms with Gasteiger partial charge in [0.05, 0.1) is 5.69 Å². The van der Waals surface area contributed by atoms with E-state index in [0.717, 1.165) is 18.8 Å². The summed E-state index contributed by atoms with van der Waals surface area (Å²) in [7, 11) is 2.19. The second kappa shape index (κ2) is 7.71. The minimum atomic E-state index is 0.300. The highest BCUT2D eigenvalue weighted by Crippen LogP contribution is 2.49. The van der Waals surface area contributed by atoms with Crippen molar-refractivity contribution < 1.29 is 0 Å². The number of hydrogen-bond acceptors (Lipinski definition) is 5. The molecule has 1 saturated heterocycles. The van der Waals surface area contributed by atoms with Gasteiger partial charge in [0, 0.05) is 24.6 Å². The van der Waals surface area contributed by atoms with E-state index < -0.39 is 0 Å². The molecule has 1 aliphatic heterocycles. The summed E-state index contributed by atoms with van der Waals surface area (Å²) in [5, 5.41) is 0. The molecule has 0 aromatic carbocycles. The Bertz CT molecular complexity index is 617. The Hall–Kier alpha value is -1.36. The van der Waals surface area contributed by atoms with Gasteiger partial charge in [0.25, 0.3) is 0 Å². The van der Waals surface area contributed by atoms with Crippen LogP contribution in [-0.4, -0.2) is 48.1 Å². The SMILES string of the molecule is CN(CCCN1CCCCC1)c1nc(N)nc2c1CCCC21CCCC1. The lowest BCUT2D eigenvalue weighted by Crippen LogP contribution is -2.34. The van der Waals surface area contributed by atoms with Crippen LogP contribution < -0.4 is 10.6 Å². The van der Waals surface area contributed by atoms with Gasteiger partial charge in [0.15, 0.2) is 0 Å².